The molecular weight excluding hydrogens is 408 g/mol. The van der Waals surface area contributed by atoms with Crippen molar-refractivity contribution in [1.29, 1.82) is 0 Å². The fourth-order valence-electron chi connectivity index (χ4n) is 5.68. The summed E-state index contributed by atoms with van der Waals surface area (Å²) >= 11 is 0. The number of allylic oxidation sites excluding steroid dienone is 8. The first-order chi connectivity index (χ1) is 16.3. The van der Waals surface area contributed by atoms with Crippen molar-refractivity contribution < 1.29 is 0 Å². The maximum Gasteiger partial charge on any atom is 0.0201 e. The number of hydrogen-bond donors (Lipinski definition) is 0. The lowest BCUT2D eigenvalue weighted by atomic mass is 9.69. The van der Waals surface area contributed by atoms with E-state index in [0.717, 1.165) is 31.3 Å². The van der Waals surface area contributed by atoms with Crippen LogP contribution in [0.5, 0.6) is 0 Å². The minimum absolute atomic E-state index is 0.249. The van der Waals surface area contributed by atoms with E-state index in [0.29, 0.717) is 0 Å². The van der Waals surface area contributed by atoms with E-state index in [-0.39, 0.29) is 11.8 Å². The Hall–Kier alpha value is -3.12. The minimum atomic E-state index is 0.249. The van der Waals surface area contributed by atoms with Crippen LogP contribution in [0.25, 0.3) is 11.6 Å². The van der Waals surface area contributed by atoms with E-state index in [1.54, 1.807) is 0 Å². The van der Waals surface area contributed by atoms with Crippen molar-refractivity contribution in [2.75, 3.05) is 0 Å². The highest BCUT2D eigenvalue weighted by Crippen LogP contribution is 2.55. The third-order valence-electron chi connectivity index (χ3n) is 7.45. The summed E-state index contributed by atoms with van der Waals surface area (Å²) in [4.78, 5) is 0. The van der Waals surface area contributed by atoms with Crippen LogP contribution in [0, 0.1) is 5.92 Å². The van der Waals surface area contributed by atoms with Crippen molar-refractivity contribution in [1.82, 2.24) is 0 Å². The molecule has 2 aliphatic carbocycles. The summed E-state index contributed by atoms with van der Waals surface area (Å²) in [5.74, 6) is 0.535. The van der Waals surface area contributed by atoms with Gasteiger partial charge in [-0.05, 0) is 77.7 Å². The van der Waals surface area contributed by atoms with Crippen molar-refractivity contribution in [3.05, 3.63) is 130 Å². The zero-order valence-corrected chi connectivity index (χ0v) is 21.4. The molecule has 0 aromatic heterocycles. The standard InChI is InChI=1S/C34H38/c1-8-11-23(5)32-24(6)18-31-21-30(19-27-16-14-26(9-2)15-17-27)25(7)33(31)34(32)29-13-10-12-28(20-29)22(3)4/h10,12-20,33-34H,3,5,7-9,11,21H2,1-2,4,6H3. The lowest BCUT2D eigenvalue weighted by molar-refractivity contribution is 0.619. The maximum atomic E-state index is 4.67. The van der Waals surface area contributed by atoms with Gasteiger partial charge in [-0.25, -0.2) is 0 Å². The Balaban J connectivity index is 1.80. The summed E-state index contributed by atoms with van der Waals surface area (Å²) in [5, 5.41) is 0. The van der Waals surface area contributed by atoms with E-state index in [4.69, 9.17) is 0 Å². The molecule has 0 heteroatoms. The Labute approximate surface area is 206 Å². The molecule has 0 saturated heterocycles. The van der Waals surface area contributed by atoms with Crippen molar-refractivity contribution in [2.45, 2.75) is 59.3 Å². The zero-order chi connectivity index (χ0) is 24.4. The van der Waals surface area contributed by atoms with Gasteiger partial charge >= 0.3 is 0 Å². The van der Waals surface area contributed by atoms with Crippen LogP contribution in [0.3, 0.4) is 0 Å². The average Bonchev–Trinajstić information content (AvgIpc) is 3.13. The second-order valence-corrected chi connectivity index (χ2v) is 10.00. The quantitative estimate of drug-likeness (QED) is 0.397. The smallest absolute Gasteiger partial charge is 0.0201 e. The lowest BCUT2D eigenvalue weighted by Gasteiger charge is -2.35. The summed E-state index contributed by atoms with van der Waals surface area (Å²) in [7, 11) is 0. The normalized spacial score (nSPS) is 21.0. The molecule has 0 N–H and O–H groups in total. The lowest BCUT2D eigenvalue weighted by Crippen LogP contribution is -2.21. The van der Waals surface area contributed by atoms with E-state index in [1.165, 1.54) is 55.7 Å². The molecule has 0 spiro atoms. The van der Waals surface area contributed by atoms with Crippen LogP contribution in [0.1, 0.15) is 75.1 Å². The first kappa shape index (κ1) is 24.0. The van der Waals surface area contributed by atoms with Crippen LogP contribution in [-0.2, 0) is 6.42 Å². The largest absolute Gasteiger partial charge is 0.0955 e. The number of hydrogen-bond acceptors (Lipinski definition) is 0. The van der Waals surface area contributed by atoms with Crippen molar-refractivity contribution >= 4 is 11.6 Å². The van der Waals surface area contributed by atoms with Gasteiger partial charge in [-0.1, -0.05) is 117 Å². The van der Waals surface area contributed by atoms with E-state index in [9.17, 15) is 0 Å². The van der Waals surface area contributed by atoms with Crippen molar-refractivity contribution in [3.8, 4) is 0 Å². The van der Waals surface area contributed by atoms with Crippen LogP contribution in [0.4, 0.5) is 0 Å². The summed E-state index contributed by atoms with van der Waals surface area (Å²) in [6.07, 6.45) is 8.94. The Kier molecular flexibility index (Phi) is 7.08. The first-order valence-corrected chi connectivity index (χ1v) is 12.7. The number of aryl methyl sites for hydroxylation is 1. The van der Waals surface area contributed by atoms with Gasteiger partial charge in [0.25, 0.3) is 0 Å². The average molecular weight is 447 g/mol. The van der Waals surface area contributed by atoms with Gasteiger partial charge < -0.3 is 0 Å². The van der Waals surface area contributed by atoms with E-state index in [2.05, 4.69) is 108 Å². The Morgan fingerprint density at radius 1 is 1.03 bits per heavy atom. The summed E-state index contributed by atoms with van der Waals surface area (Å²) in [6, 6.07) is 17.9. The summed E-state index contributed by atoms with van der Waals surface area (Å²) in [6.45, 7) is 22.2. The molecule has 174 valence electrons. The second kappa shape index (κ2) is 10.0. The highest BCUT2D eigenvalue weighted by molar-refractivity contribution is 5.68. The van der Waals surface area contributed by atoms with Crippen molar-refractivity contribution in [2.24, 2.45) is 5.92 Å². The molecular formula is C34H38. The van der Waals surface area contributed by atoms with Gasteiger partial charge in [0.05, 0.1) is 0 Å². The van der Waals surface area contributed by atoms with Gasteiger partial charge in [0, 0.05) is 11.8 Å². The SMILES string of the molecule is C=C(CCC)C1=C(C)C=C2CC(=Cc3ccc(CC)cc3)C(=C)C2C1c1cccc(C(=C)C)c1. The molecule has 0 radical (unpaired) electrons. The third-order valence-corrected chi connectivity index (χ3v) is 7.45. The number of benzene rings is 2. The first-order valence-electron chi connectivity index (χ1n) is 12.7. The van der Waals surface area contributed by atoms with Crippen LogP contribution in [0.15, 0.2) is 108 Å². The molecule has 2 aliphatic rings. The van der Waals surface area contributed by atoms with Gasteiger partial charge in [0.15, 0.2) is 0 Å². The Morgan fingerprint density at radius 3 is 2.41 bits per heavy atom. The molecule has 0 aliphatic heterocycles. The fourth-order valence-corrected chi connectivity index (χ4v) is 5.68. The Morgan fingerprint density at radius 2 is 1.76 bits per heavy atom. The van der Waals surface area contributed by atoms with Gasteiger partial charge in [-0.2, -0.15) is 0 Å². The third kappa shape index (κ3) is 4.60. The molecule has 0 heterocycles. The molecule has 4 rings (SSSR count). The van der Waals surface area contributed by atoms with Crippen LogP contribution in [0.2, 0.25) is 0 Å². The van der Waals surface area contributed by atoms with E-state index < -0.39 is 0 Å². The molecule has 1 fully saturated rings. The van der Waals surface area contributed by atoms with Gasteiger partial charge in [-0.15, -0.1) is 0 Å². The number of fused-ring (bicyclic) bond motifs is 1. The highest BCUT2D eigenvalue weighted by atomic mass is 14.4. The topological polar surface area (TPSA) is 0 Å². The van der Waals surface area contributed by atoms with Gasteiger partial charge in [-0.3, -0.25) is 0 Å². The monoisotopic (exact) mass is 446 g/mol. The minimum Gasteiger partial charge on any atom is -0.0955 e. The fraction of sp³-hybridized carbons (Fsp3) is 0.294. The number of rotatable bonds is 7. The van der Waals surface area contributed by atoms with Crippen molar-refractivity contribution in [3.63, 3.8) is 0 Å². The van der Waals surface area contributed by atoms with E-state index >= 15 is 0 Å². The molecule has 2 unspecified atom stereocenters. The summed E-state index contributed by atoms with van der Waals surface area (Å²) < 4.78 is 0. The predicted molar refractivity (Wildman–Crippen MR) is 150 cm³/mol. The van der Waals surface area contributed by atoms with Gasteiger partial charge in [0.2, 0.25) is 0 Å². The molecule has 0 nitrogen and oxygen atoms in total. The molecule has 2 aromatic carbocycles. The predicted octanol–water partition coefficient (Wildman–Crippen LogP) is 9.64. The maximum absolute atomic E-state index is 4.67. The van der Waals surface area contributed by atoms with Crippen LogP contribution >= 0.6 is 0 Å². The van der Waals surface area contributed by atoms with Crippen LogP contribution < -0.4 is 0 Å². The van der Waals surface area contributed by atoms with Crippen LogP contribution in [-0.4, -0.2) is 0 Å². The van der Waals surface area contributed by atoms with E-state index in [1.807, 2.05) is 0 Å². The highest BCUT2D eigenvalue weighted by Gasteiger charge is 2.40. The Bertz CT molecular complexity index is 1220. The molecule has 0 amide bonds. The summed E-state index contributed by atoms with van der Waals surface area (Å²) in [5.41, 5.74) is 14.4. The van der Waals surface area contributed by atoms with Gasteiger partial charge in [0.1, 0.15) is 0 Å². The molecule has 1 saturated carbocycles. The second-order valence-electron chi connectivity index (χ2n) is 10.00. The zero-order valence-electron chi connectivity index (χ0n) is 21.4. The molecule has 2 aromatic rings. The molecule has 2 atom stereocenters. The molecule has 0 bridgehead atoms. The molecule has 34 heavy (non-hydrogen) atoms.